The molecule has 0 aliphatic rings. The number of hydrogen-bond acceptors (Lipinski definition) is 2. The van der Waals surface area contributed by atoms with Gasteiger partial charge in [0.05, 0.1) is 0 Å². The highest BCUT2D eigenvalue weighted by molar-refractivity contribution is 5.92. The quantitative estimate of drug-likeness (QED) is 0.735. The van der Waals surface area contributed by atoms with Crippen LogP contribution in [0.3, 0.4) is 0 Å². The highest BCUT2D eigenvalue weighted by Crippen LogP contribution is 2.06. The van der Waals surface area contributed by atoms with Gasteiger partial charge >= 0.3 is 0 Å². The molecule has 0 aromatic heterocycles. The molecule has 0 radical (unpaired) electrons. The van der Waals surface area contributed by atoms with Crippen LogP contribution in [0.5, 0.6) is 0 Å². The Morgan fingerprint density at radius 3 is 2.40 bits per heavy atom. The van der Waals surface area contributed by atoms with E-state index in [1.807, 2.05) is 24.3 Å². The predicted molar refractivity (Wildman–Crippen MR) is 59.6 cm³/mol. The molecule has 78 valence electrons. The van der Waals surface area contributed by atoms with Gasteiger partial charge < -0.3 is 10.6 Å². The van der Waals surface area contributed by atoms with E-state index in [1.54, 1.807) is 7.05 Å². The van der Waals surface area contributed by atoms with E-state index in [1.165, 1.54) is 4.90 Å². The fraction of sp³-hybridized carbons (Fsp3) is 0.250. The van der Waals surface area contributed by atoms with E-state index in [0.29, 0.717) is 13.1 Å². The second kappa shape index (κ2) is 5.18. The van der Waals surface area contributed by atoms with Crippen molar-refractivity contribution in [1.82, 2.24) is 4.90 Å². The summed E-state index contributed by atoms with van der Waals surface area (Å²) in [6.45, 7) is 1.05. The SMILES string of the molecule is C#CC(=O)N(C)Cc1ccc(CN)cc1. The highest BCUT2D eigenvalue weighted by Gasteiger charge is 2.05. The molecule has 0 atom stereocenters. The molecule has 0 spiro atoms. The van der Waals surface area contributed by atoms with E-state index in [9.17, 15) is 4.79 Å². The molecule has 1 rings (SSSR count). The Labute approximate surface area is 89.9 Å². The van der Waals surface area contributed by atoms with Crippen molar-refractivity contribution >= 4 is 5.91 Å². The van der Waals surface area contributed by atoms with Crippen LogP contribution in [0.1, 0.15) is 11.1 Å². The van der Waals surface area contributed by atoms with Gasteiger partial charge in [-0.25, -0.2) is 0 Å². The number of carbonyl (C=O) groups excluding carboxylic acids is 1. The summed E-state index contributed by atoms with van der Waals surface area (Å²) in [6, 6.07) is 7.79. The molecule has 3 heteroatoms. The summed E-state index contributed by atoms with van der Waals surface area (Å²) < 4.78 is 0. The summed E-state index contributed by atoms with van der Waals surface area (Å²) in [4.78, 5) is 12.6. The maximum atomic E-state index is 11.1. The van der Waals surface area contributed by atoms with Gasteiger partial charge in [-0.05, 0) is 17.0 Å². The van der Waals surface area contributed by atoms with Gasteiger partial charge in [0, 0.05) is 20.1 Å². The number of rotatable bonds is 3. The van der Waals surface area contributed by atoms with E-state index in [4.69, 9.17) is 12.2 Å². The zero-order valence-corrected chi connectivity index (χ0v) is 8.73. The van der Waals surface area contributed by atoms with Crippen LogP contribution in [0, 0.1) is 12.3 Å². The van der Waals surface area contributed by atoms with Crippen molar-refractivity contribution in [2.24, 2.45) is 5.73 Å². The molecule has 0 unspecified atom stereocenters. The predicted octanol–water partition coefficient (Wildman–Crippen LogP) is 0.737. The molecule has 0 aliphatic heterocycles. The van der Waals surface area contributed by atoms with Crippen LogP contribution < -0.4 is 5.73 Å². The van der Waals surface area contributed by atoms with Gasteiger partial charge in [-0.15, -0.1) is 6.42 Å². The van der Waals surface area contributed by atoms with Crippen molar-refractivity contribution in [2.45, 2.75) is 13.1 Å². The van der Waals surface area contributed by atoms with Crippen LogP contribution >= 0.6 is 0 Å². The number of amides is 1. The lowest BCUT2D eigenvalue weighted by Gasteiger charge is -2.13. The Hall–Kier alpha value is -1.79. The first kappa shape index (κ1) is 11.3. The Morgan fingerprint density at radius 1 is 1.40 bits per heavy atom. The Bertz CT molecular complexity index is 376. The second-order valence-electron chi connectivity index (χ2n) is 3.33. The van der Waals surface area contributed by atoms with Crippen LogP contribution in [0.15, 0.2) is 24.3 Å². The molecule has 1 aromatic rings. The van der Waals surface area contributed by atoms with E-state index in [-0.39, 0.29) is 5.91 Å². The van der Waals surface area contributed by atoms with Crippen molar-refractivity contribution in [3.63, 3.8) is 0 Å². The maximum Gasteiger partial charge on any atom is 0.298 e. The molecule has 1 aromatic carbocycles. The lowest BCUT2D eigenvalue weighted by atomic mass is 10.1. The van der Waals surface area contributed by atoms with Gasteiger partial charge in [0.1, 0.15) is 0 Å². The third kappa shape index (κ3) is 3.12. The molecule has 0 bridgehead atoms. The minimum absolute atomic E-state index is 0.307. The molecular weight excluding hydrogens is 188 g/mol. The standard InChI is InChI=1S/C12H14N2O/c1-3-12(15)14(2)9-11-6-4-10(8-13)5-7-11/h1,4-7H,8-9,13H2,2H3. The Kier molecular flexibility index (Phi) is 3.90. The third-order valence-corrected chi connectivity index (χ3v) is 2.15. The lowest BCUT2D eigenvalue weighted by Crippen LogP contribution is -2.24. The number of nitrogens with zero attached hydrogens (tertiary/aromatic N) is 1. The summed E-state index contributed by atoms with van der Waals surface area (Å²) in [5.41, 5.74) is 7.59. The summed E-state index contributed by atoms with van der Waals surface area (Å²) in [7, 11) is 1.68. The molecular formula is C12H14N2O. The fourth-order valence-corrected chi connectivity index (χ4v) is 1.24. The summed E-state index contributed by atoms with van der Waals surface area (Å²) in [5.74, 6) is 1.77. The second-order valence-corrected chi connectivity index (χ2v) is 3.33. The van der Waals surface area contributed by atoms with Gasteiger partial charge in [0.25, 0.3) is 5.91 Å². The van der Waals surface area contributed by atoms with Gasteiger partial charge in [-0.2, -0.15) is 0 Å². The molecule has 0 aliphatic carbocycles. The molecule has 0 heterocycles. The molecule has 0 saturated heterocycles. The first-order valence-corrected chi connectivity index (χ1v) is 4.67. The average molecular weight is 202 g/mol. The number of terminal acetylenes is 1. The summed E-state index contributed by atoms with van der Waals surface area (Å²) in [5, 5.41) is 0. The molecule has 0 fully saturated rings. The summed E-state index contributed by atoms with van der Waals surface area (Å²) in [6.07, 6.45) is 5.01. The minimum Gasteiger partial charge on any atom is -0.331 e. The number of nitrogens with two attached hydrogens (primary N) is 1. The molecule has 15 heavy (non-hydrogen) atoms. The maximum absolute atomic E-state index is 11.1. The van der Waals surface area contributed by atoms with Crippen molar-refractivity contribution < 1.29 is 4.79 Å². The number of hydrogen-bond donors (Lipinski definition) is 1. The fourth-order valence-electron chi connectivity index (χ4n) is 1.24. The van der Waals surface area contributed by atoms with Gasteiger partial charge in [-0.1, -0.05) is 24.3 Å². The zero-order valence-electron chi connectivity index (χ0n) is 8.73. The molecule has 0 saturated carbocycles. The first-order chi connectivity index (χ1) is 7.17. The largest absolute Gasteiger partial charge is 0.331 e. The third-order valence-electron chi connectivity index (χ3n) is 2.15. The van der Waals surface area contributed by atoms with Gasteiger partial charge in [0.2, 0.25) is 0 Å². The minimum atomic E-state index is -0.307. The van der Waals surface area contributed by atoms with Crippen molar-refractivity contribution in [3.8, 4) is 12.3 Å². The van der Waals surface area contributed by atoms with Crippen molar-refractivity contribution in [3.05, 3.63) is 35.4 Å². The van der Waals surface area contributed by atoms with E-state index >= 15 is 0 Å². The van der Waals surface area contributed by atoms with E-state index in [0.717, 1.165) is 11.1 Å². The monoisotopic (exact) mass is 202 g/mol. The van der Waals surface area contributed by atoms with E-state index < -0.39 is 0 Å². The topological polar surface area (TPSA) is 46.3 Å². The number of benzene rings is 1. The van der Waals surface area contributed by atoms with Crippen LogP contribution in [0.4, 0.5) is 0 Å². The number of carbonyl (C=O) groups is 1. The summed E-state index contributed by atoms with van der Waals surface area (Å²) >= 11 is 0. The smallest absolute Gasteiger partial charge is 0.298 e. The molecule has 2 N–H and O–H groups in total. The van der Waals surface area contributed by atoms with Crippen molar-refractivity contribution in [2.75, 3.05) is 7.05 Å². The average Bonchev–Trinajstić information content (AvgIpc) is 2.29. The van der Waals surface area contributed by atoms with E-state index in [2.05, 4.69) is 5.92 Å². The Morgan fingerprint density at radius 2 is 1.93 bits per heavy atom. The molecule has 1 amide bonds. The first-order valence-electron chi connectivity index (χ1n) is 4.67. The van der Waals surface area contributed by atoms with Crippen LogP contribution in [0.2, 0.25) is 0 Å². The van der Waals surface area contributed by atoms with Crippen LogP contribution in [-0.2, 0) is 17.9 Å². The van der Waals surface area contributed by atoms with Gasteiger partial charge in [0.15, 0.2) is 0 Å². The normalized spacial score (nSPS) is 9.40. The Balaban J connectivity index is 2.66. The van der Waals surface area contributed by atoms with Crippen LogP contribution in [-0.4, -0.2) is 17.9 Å². The zero-order chi connectivity index (χ0) is 11.3. The lowest BCUT2D eigenvalue weighted by molar-refractivity contribution is -0.124. The highest BCUT2D eigenvalue weighted by atomic mass is 16.2. The van der Waals surface area contributed by atoms with Gasteiger partial charge in [-0.3, -0.25) is 4.79 Å². The van der Waals surface area contributed by atoms with Crippen molar-refractivity contribution in [1.29, 1.82) is 0 Å². The van der Waals surface area contributed by atoms with Crippen LogP contribution in [0.25, 0.3) is 0 Å². The molecule has 3 nitrogen and oxygen atoms in total.